The largest absolute Gasteiger partial charge is 0.495 e. The van der Waals surface area contributed by atoms with E-state index in [1.165, 1.54) is 0 Å². The van der Waals surface area contributed by atoms with Crippen LogP contribution in [0.3, 0.4) is 0 Å². The molecular formula is C20H21N2O3P. The average molecular weight is 368 g/mol. The van der Waals surface area contributed by atoms with Crippen LogP contribution in [-0.4, -0.2) is 14.2 Å². The van der Waals surface area contributed by atoms with Crippen molar-refractivity contribution in [2.24, 2.45) is 0 Å². The van der Waals surface area contributed by atoms with Gasteiger partial charge in [0.15, 0.2) is 0 Å². The van der Waals surface area contributed by atoms with Crippen LogP contribution in [0.1, 0.15) is 0 Å². The van der Waals surface area contributed by atoms with Crippen molar-refractivity contribution in [3.63, 3.8) is 0 Å². The predicted octanol–water partition coefficient (Wildman–Crippen LogP) is 4.75. The molecule has 0 aliphatic rings. The van der Waals surface area contributed by atoms with Crippen molar-refractivity contribution in [1.29, 1.82) is 0 Å². The molecule has 0 heterocycles. The van der Waals surface area contributed by atoms with E-state index < -0.39 is 7.44 Å². The zero-order valence-electron chi connectivity index (χ0n) is 14.7. The minimum Gasteiger partial charge on any atom is -0.495 e. The van der Waals surface area contributed by atoms with Crippen LogP contribution in [0, 0.1) is 0 Å². The second-order valence-corrected chi connectivity index (χ2v) is 7.75. The molecule has 0 unspecified atom stereocenters. The maximum absolute atomic E-state index is 14.0. The van der Waals surface area contributed by atoms with Gasteiger partial charge in [-0.15, -0.1) is 0 Å². The third-order valence-electron chi connectivity index (χ3n) is 3.89. The minimum absolute atomic E-state index is 0.616. The number of nitrogens with one attached hydrogen (secondary N) is 2. The highest BCUT2D eigenvalue weighted by atomic mass is 31.2. The standard InChI is InChI=1S/C20H21N2O3P/c1-24-19-14-8-6-12-17(19)21-26(23,16-10-4-3-5-11-16)22-18-13-7-9-15-20(18)25-2/h3-15H,1-2H3,(H2,21,22,23). The maximum Gasteiger partial charge on any atom is 0.287 e. The minimum atomic E-state index is -3.26. The molecule has 0 aliphatic heterocycles. The van der Waals surface area contributed by atoms with E-state index >= 15 is 0 Å². The fourth-order valence-electron chi connectivity index (χ4n) is 2.61. The van der Waals surface area contributed by atoms with E-state index in [4.69, 9.17) is 9.47 Å². The van der Waals surface area contributed by atoms with Crippen LogP contribution < -0.4 is 25.0 Å². The van der Waals surface area contributed by atoms with Crippen molar-refractivity contribution >= 4 is 24.1 Å². The molecule has 0 bridgehead atoms. The summed E-state index contributed by atoms with van der Waals surface area (Å²) in [7, 11) is -0.0859. The average Bonchev–Trinajstić information content (AvgIpc) is 2.69. The molecule has 0 saturated heterocycles. The third-order valence-corrected chi connectivity index (χ3v) is 6.03. The predicted molar refractivity (Wildman–Crippen MR) is 107 cm³/mol. The molecule has 0 aliphatic carbocycles. The lowest BCUT2D eigenvalue weighted by Gasteiger charge is -2.24. The van der Waals surface area contributed by atoms with Crippen molar-refractivity contribution in [2.75, 3.05) is 24.4 Å². The number of hydrogen-bond donors (Lipinski definition) is 2. The van der Waals surface area contributed by atoms with Gasteiger partial charge in [-0.05, 0) is 36.4 Å². The first-order valence-corrected chi connectivity index (χ1v) is 9.85. The van der Waals surface area contributed by atoms with E-state index in [-0.39, 0.29) is 0 Å². The normalized spacial score (nSPS) is 10.8. The molecular weight excluding hydrogens is 347 g/mol. The Labute approximate surface area is 153 Å². The summed E-state index contributed by atoms with van der Waals surface area (Å²) in [6, 6.07) is 24.0. The summed E-state index contributed by atoms with van der Waals surface area (Å²) in [5.74, 6) is 1.23. The van der Waals surface area contributed by atoms with Gasteiger partial charge in [0.25, 0.3) is 7.44 Å². The SMILES string of the molecule is COc1ccccc1NP(=O)(Nc1ccccc1OC)c1ccccc1. The number of benzene rings is 3. The molecule has 2 N–H and O–H groups in total. The molecule has 0 saturated carbocycles. The van der Waals surface area contributed by atoms with E-state index in [1.54, 1.807) is 14.2 Å². The molecule has 134 valence electrons. The van der Waals surface area contributed by atoms with Crippen molar-refractivity contribution in [2.45, 2.75) is 0 Å². The van der Waals surface area contributed by atoms with Crippen LogP contribution in [0.2, 0.25) is 0 Å². The Bertz CT molecular complexity index is 862. The summed E-state index contributed by atoms with van der Waals surface area (Å²) >= 11 is 0. The molecule has 0 fully saturated rings. The highest BCUT2D eigenvalue weighted by molar-refractivity contribution is 7.74. The highest BCUT2D eigenvalue weighted by Gasteiger charge is 2.27. The number of ether oxygens (including phenoxy) is 2. The van der Waals surface area contributed by atoms with Crippen LogP contribution in [-0.2, 0) is 4.57 Å². The first-order chi connectivity index (χ1) is 12.7. The molecule has 26 heavy (non-hydrogen) atoms. The fraction of sp³-hybridized carbons (Fsp3) is 0.100. The Balaban J connectivity index is 2.04. The Morgan fingerprint density at radius 3 is 1.54 bits per heavy atom. The van der Waals surface area contributed by atoms with Gasteiger partial charge in [-0.2, -0.15) is 0 Å². The number of methoxy groups -OCH3 is 2. The van der Waals surface area contributed by atoms with Crippen LogP contribution in [0.4, 0.5) is 11.4 Å². The van der Waals surface area contributed by atoms with Crippen molar-refractivity contribution in [3.8, 4) is 11.5 Å². The lowest BCUT2D eigenvalue weighted by Crippen LogP contribution is -2.18. The van der Waals surface area contributed by atoms with Crippen LogP contribution in [0.15, 0.2) is 78.9 Å². The first kappa shape index (κ1) is 17.9. The van der Waals surface area contributed by atoms with Crippen LogP contribution in [0.25, 0.3) is 0 Å². The van der Waals surface area contributed by atoms with Gasteiger partial charge in [0.2, 0.25) is 0 Å². The van der Waals surface area contributed by atoms with Gasteiger partial charge >= 0.3 is 0 Å². The van der Waals surface area contributed by atoms with Crippen LogP contribution >= 0.6 is 7.44 Å². The summed E-state index contributed by atoms with van der Waals surface area (Å²) in [5.41, 5.74) is 1.29. The molecule has 3 aromatic carbocycles. The van der Waals surface area contributed by atoms with E-state index in [0.717, 1.165) is 0 Å². The summed E-state index contributed by atoms with van der Waals surface area (Å²) in [4.78, 5) is 0. The summed E-state index contributed by atoms with van der Waals surface area (Å²) in [5, 5.41) is 6.96. The summed E-state index contributed by atoms with van der Waals surface area (Å²) in [6.45, 7) is 0. The fourth-order valence-corrected chi connectivity index (χ4v) is 4.56. The van der Waals surface area contributed by atoms with E-state index in [0.29, 0.717) is 28.2 Å². The Morgan fingerprint density at radius 1 is 0.654 bits per heavy atom. The van der Waals surface area contributed by atoms with E-state index in [2.05, 4.69) is 10.2 Å². The molecule has 0 atom stereocenters. The summed E-state index contributed by atoms with van der Waals surface area (Å²) < 4.78 is 24.7. The maximum atomic E-state index is 14.0. The summed E-state index contributed by atoms with van der Waals surface area (Å²) in [6.07, 6.45) is 0. The Kier molecular flexibility index (Phi) is 5.49. The zero-order chi connectivity index (χ0) is 18.4. The lowest BCUT2D eigenvalue weighted by molar-refractivity contribution is 0.416. The lowest BCUT2D eigenvalue weighted by atomic mass is 10.3. The Morgan fingerprint density at radius 2 is 1.08 bits per heavy atom. The van der Waals surface area contributed by atoms with E-state index in [1.807, 2.05) is 78.9 Å². The number of rotatable bonds is 7. The van der Waals surface area contributed by atoms with Gasteiger partial charge in [0.05, 0.1) is 30.9 Å². The molecule has 5 nitrogen and oxygen atoms in total. The van der Waals surface area contributed by atoms with Gasteiger partial charge in [-0.3, -0.25) is 4.57 Å². The first-order valence-electron chi connectivity index (χ1n) is 8.14. The molecule has 0 spiro atoms. The second-order valence-electron chi connectivity index (χ2n) is 5.57. The third kappa shape index (κ3) is 3.84. The number of anilines is 2. The van der Waals surface area contributed by atoms with Crippen molar-refractivity contribution in [3.05, 3.63) is 78.9 Å². The van der Waals surface area contributed by atoms with Gasteiger partial charge < -0.3 is 19.6 Å². The molecule has 6 heteroatoms. The topological polar surface area (TPSA) is 59.6 Å². The zero-order valence-corrected chi connectivity index (χ0v) is 15.6. The number of para-hydroxylation sites is 4. The molecule has 3 aromatic rings. The smallest absolute Gasteiger partial charge is 0.287 e. The van der Waals surface area contributed by atoms with Gasteiger partial charge in [-0.25, -0.2) is 0 Å². The molecule has 0 amide bonds. The number of hydrogen-bond acceptors (Lipinski definition) is 3. The molecule has 0 aromatic heterocycles. The molecule has 0 radical (unpaired) electrons. The van der Waals surface area contributed by atoms with Gasteiger partial charge in [0.1, 0.15) is 11.5 Å². The second kappa shape index (κ2) is 7.98. The van der Waals surface area contributed by atoms with Gasteiger partial charge in [-0.1, -0.05) is 42.5 Å². The van der Waals surface area contributed by atoms with Gasteiger partial charge in [0, 0.05) is 0 Å². The quantitative estimate of drug-likeness (QED) is 0.590. The van der Waals surface area contributed by atoms with E-state index in [9.17, 15) is 4.57 Å². The Hall–Kier alpha value is -2.91. The van der Waals surface area contributed by atoms with Crippen molar-refractivity contribution in [1.82, 2.24) is 0 Å². The monoisotopic (exact) mass is 368 g/mol. The van der Waals surface area contributed by atoms with Crippen molar-refractivity contribution < 1.29 is 14.0 Å². The molecule has 3 rings (SSSR count). The van der Waals surface area contributed by atoms with Crippen LogP contribution in [0.5, 0.6) is 11.5 Å². The highest BCUT2D eigenvalue weighted by Crippen LogP contribution is 2.48.